The predicted octanol–water partition coefficient (Wildman–Crippen LogP) is 9.83. The van der Waals surface area contributed by atoms with Gasteiger partial charge in [0.15, 0.2) is 25.9 Å². The summed E-state index contributed by atoms with van der Waals surface area (Å²) in [4.78, 5) is 35.3. The van der Waals surface area contributed by atoms with Crippen molar-refractivity contribution in [3.05, 3.63) is 195 Å². The zero-order chi connectivity index (χ0) is 51.5. The molecule has 0 spiro atoms. The number of rotatable bonds is 12. The van der Waals surface area contributed by atoms with Crippen molar-refractivity contribution in [1.29, 1.82) is 0 Å². The number of piperazine rings is 1. The standard InChI is InChI=1S/C57H51Cl2N6O6S2/c1-6-52(73(5,70)71)43(28-36(3)64-54(66)23-13-41-31-61-49-20-11-39(29-47(49)56(41)64)37-7-15-44(58)16-8-37)32-62-26-25-60-53(34-62)63-33-42-14-24-55(67)65(50-22-19-46(27-35(50)2)72(4,68)69)57(42)48-30-40(12-21-51(48)63)38-9-17-45(59)18-10-38/h6-24,27-31,33,43,52-53,60H,1,25-26,32,34H2,2-5H3/q+1/b36-28+. The Morgan fingerprint density at radius 1 is 0.781 bits per heavy atom. The van der Waals surface area contributed by atoms with Gasteiger partial charge >= 0.3 is 0 Å². The van der Waals surface area contributed by atoms with E-state index >= 15 is 0 Å². The van der Waals surface area contributed by atoms with Crippen LogP contribution in [0.1, 0.15) is 18.7 Å². The molecule has 1 saturated heterocycles. The van der Waals surface area contributed by atoms with Crippen molar-refractivity contribution in [3.8, 4) is 27.9 Å². The summed E-state index contributed by atoms with van der Waals surface area (Å²) in [5, 5.41) is 6.99. The number of fused-ring (bicyclic) bond motifs is 6. The van der Waals surface area contributed by atoms with Crippen molar-refractivity contribution in [2.45, 2.75) is 30.2 Å². The van der Waals surface area contributed by atoms with E-state index in [0.29, 0.717) is 69.7 Å². The van der Waals surface area contributed by atoms with Crippen LogP contribution in [0.4, 0.5) is 0 Å². The Balaban J connectivity index is 1.07. The van der Waals surface area contributed by atoms with Crippen LogP contribution < -0.4 is 21.0 Å². The molecular weight excluding hydrogens is 1000 g/mol. The molecule has 4 aromatic heterocycles. The molecule has 0 amide bonds. The Hall–Kier alpha value is -6.78. The Morgan fingerprint density at radius 2 is 1.41 bits per heavy atom. The third kappa shape index (κ3) is 9.78. The van der Waals surface area contributed by atoms with Gasteiger partial charge in [-0.1, -0.05) is 65.7 Å². The van der Waals surface area contributed by atoms with Crippen LogP contribution in [-0.2, 0) is 19.7 Å². The number of hydrogen-bond acceptors (Lipinski definition) is 9. The number of benzene rings is 5. The van der Waals surface area contributed by atoms with E-state index in [1.807, 2.05) is 98.1 Å². The summed E-state index contributed by atoms with van der Waals surface area (Å²) in [5.41, 5.74) is 7.68. The first kappa shape index (κ1) is 49.8. The van der Waals surface area contributed by atoms with Gasteiger partial charge in [0.25, 0.3) is 11.1 Å². The number of pyridine rings is 4. The quantitative estimate of drug-likeness (QED) is 0.0719. The normalized spacial score (nSPS) is 15.8. The fourth-order valence-electron chi connectivity index (χ4n) is 10.4. The van der Waals surface area contributed by atoms with Crippen molar-refractivity contribution < 1.29 is 21.4 Å². The summed E-state index contributed by atoms with van der Waals surface area (Å²) in [6, 6.07) is 38.5. The Labute approximate surface area is 432 Å². The molecule has 1 aliphatic heterocycles. The summed E-state index contributed by atoms with van der Waals surface area (Å²) >= 11 is 12.5. The van der Waals surface area contributed by atoms with E-state index in [-0.39, 0.29) is 22.2 Å². The van der Waals surface area contributed by atoms with Crippen LogP contribution in [0.25, 0.3) is 77.2 Å². The molecule has 16 heteroatoms. The second-order valence-electron chi connectivity index (χ2n) is 18.8. The number of aromatic nitrogens is 4. The summed E-state index contributed by atoms with van der Waals surface area (Å²) in [6.07, 6.45) is 9.19. The van der Waals surface area contributed by atoms with Gasteiger partial charge in [-0.05, 0) is 121 Å². The second-order valence-corrected chi connectivity index (χ2v) is 23.9. The van der Waals surface area contributed by atoms with Crippen LogP contribution in [0.2, 0.25) is 10.0 Å². The molecule has 0 radical (unpaired) electrons. The molecule has 12 nitrogen and oxygen atoms in total. The maximum atomic E-state index is 14.1. The van der Waals surface area contributed by atoms with Crippen molar-refractivity contribution in [2.24, 2.45) is 5.92 Å². The first-order chi connectivity index (χ1) is 34.9. The predicted molar refractivity (Wildman–Crippen MR) is 295 cm³/mol. The molecule has 0 bridgehead atoms. The molecule has 1 aliphatic rings. The van der Waals surface area contributed by atoms with Gasteiger partial charge in [-0.25, -0.2) is 16.8 Å². The van der Waals surface area contributed by atoms with Crippen molar-refractivity contribution in [3.63, 3.8) is 0 Å². The lowest BCUT2D eigenvalue weighted by molar-refractivity contribution is -0.704. The molecule has 1 N–H and O–H groups in total. The number of nitrogens with zero attached hydrogens (tertiary/aromatic N) is 5. The molecule has 73 heavy (non-hydrogen) atoms. The Morgan fingerprint density at radius 3 is 2.05 bits per heavy atom. The van der Waals surface area contributed by atoms with Gasteiger partial charge in [0.2, 0.25) is 11.7 Å². The van der Waals surface area contributed by atoms with Gasteiger partial charge < -0.3 is 0 Å². The van der Waals surface area contributed by atoms with Crippen LogP contribution in [0.15, 0.2) is 173 Å². The number of aryl methyl sites for hydroxylation is 1. The fraction of sp³-hybridized carbons (Fsp3) is 0.193. The molecule has 370 valence electrons. The summed E-state index contributed by atoms with van der Waals surface area (Å²) in [5.74, 6) is -0.627. The van der Waals surface area contributed by atoms with Crippen LogP contribution in [0.3, 0.4) is 0 Å². The minimum Gasteiger partial charge on any atom is -0.294 e. The molecule has 0 saturated carbocycles. The van der Waals surface area contributed by atoms with Crippen LogP contribution in [-0.4, -0.2) is 79.8 Å². The van der Waals surface area contributed by atoms with Crippen LogP contribution in [0.5, 0.6) is 0 Å². The summed E-state index contributed by atoms with van der Waals surface area (Å²) in [7, 11) is -7.20. The van der Waals surface area contributed by atoms with Crippen LogP contribution in [0, 0.1) is 12.8 Å². The van der Waals surface area contributed by atoms with Gasteiger partial charge in [-0.3, -0.25) is 33.9 Å². The highest BCUT2D eigenvalue weighted by Crippen LogP contribution is 2.34. The molecule has 3 atom stereocenters. The van der Waals surface area contributed by atoms with Crippen LogP contribution >= 0.6 is 23.2 Å². The average Bonchev–Trinajstić information content (AvgIpc) is 3.36. The first-order valence-electron chi connectivity index (χ1n) is 23.6. The number of halogens is 2. The molecule has 9 aromatic rings. The largest absolute Gasteiger partial charge is 0.294 e. The molecule has 5 aromatic carbocycles. The number of nitrogens with one attached hydrogen (secondary N) is 1. The van der Waals surface area contributed by atoms with E-state index in [0.717, 1.165) is 55.6 Å². The maximum absolute atomic E-state index is 14.1. The summed E-state index contributed by atoms with van der Waals surface area (Å²) in [6.45, 7) is 9.58. The van der Waals surface area contributed by atoms with E-state index in [1.165, 1.54) is 30.5 Å². The zero-order valence-corrected chi connectivity index (χ0v) is 43.6. The SMILES string of the molecule is C=CC(C(/C=C(\C)n1c(=O)ccc2cnc3ccc(-c4ccc(Cl)cc4)cc3c21)CN1CCNC([n+]2cc3ccc(=O)n(-c4ccc(S(C)(=O)=O)cc4C)c3c3cc(-c4ccc(Cl)cc4)ccc32)C1)S(C)(=O)=O. The Kier molecular flexibility index (Phi) is 13.3. The van der Waals surface area contributed by atoms with Gasteiger partial charge in [-0.15, -0.1) is 6.58 Å². The lowest BCUT2D eigenvalue weighted by atomic mass is 10.00. The number of allylic oxidation sites excluding steroid dienone is 1. The molecule has 0 aliphatic carbocycles. The smallest absolute Gasteiger partial charge is 0.255 e. The fourth-order valence-corrected chi connectivity index (χ4v) is 12.5. The van der Waals surface area contributed by atoms with E-state index < -0.39 is 30.8 Å². The second kappa shape index (κ2) is 19.6. The van der Waals surface area contributed by atoms with Crippen molar-refractivity contribution in [1.82, 2.24) is 24.3 Å². The highest BCUT2D eigenvalue weighted by Gasteiger charge is 2.34. The minimum atomic E-state index is -3.69. The Bertz CT molecular complexity index is 4100. The lowest BCUT2D eigenvalue weighted by Gasteiger charge is -2.34. The molecule has 10 rings (SSSR count). The van der Waals surface area contributed by atoms with Gasteiger partial charge in [0.05, 0.1) is 49.7 Å². The molecule has 5 heterocycles. The average molecular weight is 1050 g/mol. The van der Waals surface area contributed by atoms with E-state index in [4.69, 9.17) is 28.2 Å². The van der Waals surface area contributed by atoms with Gasteiger partial charge in [0.1, 0.15) is 0 Å². The molecular formula is C57H51Cl2N6O6S2+. The zero-order valence-electron chi connectivity index (χ0n) is 40.5. The number of sulfone groups is 2. The first-order valence-corrected chi connectivity index (χ1v) is 28.2. The monoisotopic (exact) mass is 1050 g/mol. The minimum absolute atomic E-state index is 0.157. The van der Waals surface area contributed by atoms with E-state index in [2.05, 4.69) is 27.4 Å². The van der Waals surface area contributed by atoms with Crippen molar-refractivity contribution in [2.75, 3.05) is 38.7 Å². The maximum Gasteiger partial charge on any atom is 0.255 e. The van der Waals surface area contributed by atoms with E-state index in [1.54, 1.807) is 46.5 Å². The summed E-state index contributed by atoms with van der Waals surface area (Å²) < 4.78 is 57.9. The van der Waals surface area contributed by atoms with Gasteiger partial charge in [-0.2, -0.15) is 4.57 Å². The molecule has 3 unspecified atom stereocenters. The molecule has 1 fully saturated rings. The van der Waals surface area contributed by atoms with Gasteiger partial charge in [0, 0.05) is 89.0 Å². The third-order valence-electron chi connectivity index (χ3n) is 13.8. The van der Waals surface area contributed by atoms with Crippen molar-refractivity contribution >= 4 is 92.2 Å². The third-order valence-corrected chi connectivity index (χ3v) is 17.0. The highest BCUT2D eigenvalue weighted by molar-refractivity contribution is 7.91. The number of hydrogen-bond donors (Lipinski definition) is 1. The highest BCUT2D eigenvalue weighted by atomic mass is 35.5. The van der Waals surface area contributed by atoms with E-state index in [9.17, 15) is 26.4 Å². The topological polar surface area (TPSA) is 144 Å². The lowest BCUT2D eigenvalue weighted by Crippen LogP contribution is -2.59.